The maximum atomic E-state index is 10.1. The predicted molar refractivity (Wildman–Crippen MR) is 70.2 cm³/mol. The van der Waals surface area contributed by atoms with Crippen LogP contribution in [-0.4, -0.2) is 5.11 Å². The monoisotopic (exact) mass is 272 g/mol. The van der Waals surface area contributed by atoms with Crippen molar-refractivity contribution in [2.75, 3.05) is 0 Å². The van der Waals surface area contributed by atoms with E-state index in [1.807, 2.05) is 12.1 Å². The molecule has 1 aromatic rings. The first-order valence-corrected chi connectivity index (χ1v) is 5.88. The van der Waals surface area contributed by atoms with E-state index in [0.717, 1.165) is 5.56 Å². The molecule has 0 atom stereocenters. The van der Waals surface area contributed by atoms with E-state index >= 15 is 0 Å². The summed E-state index contributed by atoms with van der Waals surface area (Å²) in [5, 5.41) is 10.1. The molecule has 0 fully saturated rings. The summed E-state index contributed by atoms with van der Waals surface area (Å²) >= 11 is 0. The molecule has 1 nitrogen and oxygen atoms in total. The third-order valence-corrected chi connectivity index (χ3v) is 2.89. The molecule has 0 bridgehead atoms. The molecular formula is C15H24CrO. The molecule has 1 rings (SSSR count). The number of phenols is 1. The smallest absolute Gasteiger partial charge is 0.119 e. The van der Waals surface area contributed by atoms with Crippen LogP contribution in [0.3, 0.4) is 0 Å². The number of hydrogen-bond donors (Lipinski definition) is 1. The standard InChI is InChI=1S/C15H24O.Cr/c1-10-8-9-11(16)13(15(5,6)7)12(10)14(2,3)4;/h8-9,16H,1-7H3;. The fraction of sp³-hybridized carbons (Fsp3) is 0.600. The summed E-state index contributed by atoms with van der Waals surface area (Å²) < 4.78 is 0. The van der Waals surface area contributed by atoms with Crippen LogP contribution >= 0.6 is 0 Å². The van der Waals surface area contributed by atoms with E-state index in [4.69, 9.17) is 0 Å². The second-order valence-electron chi connectivity index (χ2n) is 6.65. The Kier molecular flexibility index (Phi) is 4.91. The SMILES string of the molecule is Cc1ccc(O)c(C(C)(C)C)c1C(C)(C)C.[Cr]. The summed E-state index contributed by atoms with van der Waals surface area (Å²) in [4.78, 5) is 0. The first-order valence-electron chi connectivity index (χ1n) is 5.88. The zero-order chi connectivity index (χ0) is 12.7. The molecule has 2 heteroatoms. The van der Waals surface area contributed by atoms with Gasteiger partial charge in [-0.15, -0.1) is 0 Å². The van der Waals surface area contributed by atoms with E-state index in [-0.39, 0.29) is 28.2 Å². The second-order valence-corrected chi connectivity index (χ2v) is 6.65. The number of phenolic OH excluding ortho intramolecular Hbond substituents is 1. The first kappa shape index (κ1) is 16.6. The number of hydrogen-bond acceptors (Lipinski definition) is 1. The van der Waals surface area contributed by atoms with Crippen molar-refractivity contribution in [1.29, 1.82) is 0 Å². The summed E-state index contributed by atoms with van der Waals surface area (Å²) in [6, 6.07) is 3.82. The summed E-state index contributed by atoms with van der Waals surface area (Å²) in [6.45, 7) is 15.2. The van der Waals surface area contributed by atoms with Crippen molar-refractivity contribution < 1.29 is 22.5 Å². The second kappa shape index (κ2) is 5.04. The molecule has 0 aliphatic heterocycles. The molecule has 0 saturated heterocycles. The van der Waals surface area contributed by atoms with Crippen molar-refractivity contribution in [3.05, 3.63) is 28.8 Å². The first-order chi connectivity index (χ1) is 7.05. The van der Waals surface area contributed by atoms with Gasteiger partial charge in [0.1, 0.15) is 5.75 Å². The molecular weight excluding hydrogens is 248 g/mol. The molecule has 0 heterocycles. The van der Waals surface area contributed by atoms with E-state index < -0.39 is 0 Å². The minimum atomic E-state index is -0.0291. The molecule has 96 valence electrons. The Labute approximate surface area is 116 Å². The molecule has 1 aromatic carbocycles. The topological polar surface area (TPSA) is 20.2 Å². The van der Waals surface area contributed by atoms with Crippen molar-refractivity contribution in [2.24, 2.45) is 0 Å². The quantitative estimate of drug-likeness (QED) is 0.747. The Hall–Kier alpha value is -0.448. The molecule has 17 heavy (non-hydrogen) atoms. The molecule has 0 saturated carbocycles. The third kappa shape index (κ3) is 3.50. The average Bonchev–Trinajstić information content (AvgIpc) is 2.04. The maximum Gasteiger partial charge on any atom is 0.119 e. The van der Waals surface area contributed by atoms with Gasteiger partial charge in [-0.2, -0.15) is 0 Å². The molecule has 0 unspecified atom stereocenters. The van der Waals surface area contributed by atoms with Gasteiger partial charge in [-0.3, -0.25) is 0 Å². The Morgan fingerprint density at radius 2 is 1.24 bits per heavy atom. The molecule has 1 N–H and O–H groups in total. The van der Waals surface area contributed by atoms with Gasteiger partial charge < -0.3 is 5.11 Å². The van der Waals surface area contributed by atoms with Crippen LogP contribution in [0.4, 0.5) is 0 Å². The van der Waals surface area contributed by atoms with Gasteiger partial charge in [0, 0.05) is 22.9 Å². The van der Waals surface area contributed by atoms with Crippen molar-refractivity contribution >= 4 is 0 Å². The van der Waals surface area contributed by atoms with Crippen LogP contribution in [0.2, 0.25) is 0 Å². The molecule has 0 spiro atoms. The fourth-order valence-electron chi connectivity index (χ4n) is 2.42. The minimum absolute atomic E-state index is 0. The van der Waals surface area contributed by atoms with E-state index in [9.17, 15) is 5.11 Å². The molecule has 0 aromatic heterocycles. The normalized spacial score (nSPS) is 12.2. The summed E-state index contributed by atoms with van der Waals surface area (Å²) in [5.41, 5.74) is 3.65. The number of aromatic hydroxyl groups is 1. The number of rotatable bonds is 0. The molecule has 0 aliphatic carbocycles. The molecule has 0 amide bonds. The van der Waals surface area contributed by atoms with E-state index in [2.05, 4.69) is 48.5 Å². The Bertz CT molecular complexity index is 356. The van der Waals surface area contributed by atoms with Crippen molar-refractivity contribution in [3.63, 3.8) is 0 Å². The van der Waals surface area contributed by atoms with E-state index in [0.29, 0.717) is 5.75 Å². The van der Waals surface area contributed by atoms with Crippen LogP contribution in [0.5, 0.6) is 5.75 Å². The van der Waals surface area contributed by atoms with Gasteiger partial charge in [0.2, 0.25) is 0 Å². The zero-order valence-corrected chi connectivity index (χ0v) is 13.3. The Morgan fingerprint density at radius 1 is 0.824 bits per heavy atom. The van der Waals surface area contributed by atoms with Crippen LogP contribution in [0.15, 0.2) is 12.1 Å². The van der Waals surface area contributed by atoms with Crippen molar-refractivity contribution in [1.82, 2.24) is 0 Å². The minimum Gasteiger partial charge on any atom is -0.508 e. The number of aryl methyl sites for hydroxylation is 1. The summed E-state index contributed by atoms with van der Waals surface area (Å²) in [7, 11) is 0. The van der Waals surface area contributed by atoms with Crippen LogP contribution in [0.1, 0.15) is 58.2 Å². The van der Waals surface area contributed by atoms with E-state index in [1.165, 1.54) is 11.1 Å². The van der Waals surface area contributed by atoms with Crippen LogP contribution in [0, 0.1) is 6.92 Å². The summed E-state index contributed by atoms with van der Waals surface area (Å²) in [5.74, 6) is 0.419. The van der Waals surface area contributed by atoms with Gasteiger partial charge >= 0.3 is 0 Å². The Balaban J connectivity index is 0.00000256. The third-order valence-electron chi connectivity index (χ3n) is 2.89. The van der Waals surface area contributed by atoms with Gasteiger partial charge in [0.25, 0.3) is 0 Å². The van der Waals surface area contributed by atoms with Crippen LogP contribution in [-0.2, 0) is 28.2 Å². The van der Waals surface area contributed by atoms with Gasteiger partial charge in [0.15, 0.2) is 0 Å². The fourth-order valence-corrected chi connectivity index (χ4v) is 2.42. The van der Waals surface area contributed by atoms with Crippen LogP contribution < -0.4 is 0 Å². The zero-order valence-electron chi connectivity index (χ0n) is 12.0. The van der Waals surface area contributed by atoms with Crippen molar-refractivity contribution in [2.45, 2.75) is 59.3 Å². The number of benzene rings is 1. The molecule has 0 radical (unpaired) electrons. The largest absolute Gasteiger partial charge is 0.508 e. The maximum absolute atomic E-state index is 10.1. The van der Waals surface area contributed by atoms with Gasteiger partial charge in [-0.1, -0.05) is 47.6 Å². The van der Waals surface area contributed by atoms with Gasteiger partial charge in [-0.05, 0) is 34.9 Å². The van der Waals surface area contributed by atoms with Gasteiger partial charge in [0.05, 0.1) is 0 Å². The van der Waals surface area contributed by atoms with Crippen molar-refractivity contribution in [3.8, 4) is 5.75 Å². The predicted octanol–water partition coefficient (Wildman–Crippen LogP) is 4.29. The summed E-state index contributed by atoms with van der Waals surface area (Å²) in [6.07, 6.45) is 0. The van der Waals surface area contributed by atoms with Crippen LogP contribution in [0.25, 0.3) is 0 Å². The van der Waals surface area contributed by atoms with E-state index in [1.54, 1.807) is 0 Å². The Morgan fingerprint density at radius 3 is 1.53 bits per heavy atom. The average molecular weight is 272 g/mol. The van der Waals surface area contributed by atoms with Gasteiger partial charge in [-0.25, -0.2) is 0 Å². The molecule has 0 aliphatic rings.